The van der Waals surface area contributed by atoms with Crippen molar-refractivity contribution < 1.29 is 14.3 Å². The first-order chi connectivity index (χ1) is 11.6. The van der Waals surface area contributed by atoms with Gasteiger partial charge < -0.3 is 15.0 Å². The Morgan fingerprint density at radius 2 is 1.96 bits per heavy atom. The van der Waals surface area contributed by atoms with E-state index in [1.807, 2.05) is 46.7 Å². The Hall–Kier alpha value is -2.34. The third-order valence-electron chi connectivity index (χ3n) is 4.27. The molecule has 0 radical (unpaired) electrons. The molecule has 1 aliphatic rings. The number of benzene rings is 1. The predicted molar refractivity (Wildman–Crippen MR) is 93.6 cm³/mol. The van der Waals surface area contributed by atoms with Gasteiger partial charge in [-0.05, 0) is 29.1 Å². The van der Waals surface area contributed by atoms with Crippen LogP contribution in [0.5, 0.6) is 5.75 Å². The number of nitrogens with zero attached hydrogens (tertiary/aromatic N) is 1. The van der Waals surface area contributed by atoms with Crippen LogP contribution in [0.3, 0.4) is 0 Å². The van der Waals surface area contributed by atoms with E-state index in [0.717, 1.165) is 16.2 Å². The molecule has 1 fully saturated rings. The van der Waals surface area contributed by atoms with Gasteiger partial charge in [0.1, 0.15) is 5.75 Å². The summed E-state index contributed by atoms with van der Waals surface area (Å²) in [6, 6.07) is 11.4. The van der Waals surface area contributed by atoms with Crippen LogP contribution in [0.2, 0.25) is 0 Å². The van der Waals surface area contributed by atoms with Crippen LogP contribution in [0.25, 0.3) is 0 Å². The van der Waals surface area contributed by atoms with Crippen molar-refractivity contribution in [2.45, 2.75) is 18.9 Å². The number of carbonyl (C=O) groups is 2. The number of methoxy groups -OCH3 is 1. The number of hydrogen-bond acceptors (Lipinski definition) is 4. The van der Waals surface area contributed by atoms with Crippen LogP contribution in [0.15, 0.2) is 41.8 Å². The molecule has 0 spiro atoms. The average Bonchev–Trinajstić information content (AvgIpc) is 3.24. The number of thiophene rings is 1. The number of amides is 2. The third-order valence-corrected chi connectivity index (χ3v) is 5.13. The maximum absolute atomic E-state index is 12.6. The summed E-state index contributed by atoms with van der Waals surface area (Å²) in [5.41, 5.74) is 1.09. The van der Waals surface area contributed by atoms with Crippen molar-refractivity contribution in [3.05, 3.63) is 52.2 Å². The minimum atomic E-state index is -0.0835. The van der Waals surface area contributed by atoms with Crippen molar-refractivity contribution in [1.29, 1.82) is 0 Å². The standard InChI is InChI=1S/C18H20N2O3S/c1-12(21)19-16-11-20(18(22)17-4-3-9-24-17)10-15(16)13-5-7-14(23-2)8-6-13/h3-9,15-16H,10-11H2,1-2H3,(H,19,21)/t15-,16+/m0/s1. The van der Waals surface area contributed by atoms with Gasteiger partial charge in [-0.25, -0.2) is 0 Å². The highest BCUT2D eigenvalue weighted by molar-refractivity contribution is 7.12. The zero-order valence-electron chi connectivity index (χ0n) is 13.7. The summed E-state index contributed by atoms with van der Waals surface area (Å²) in [6.45, 7) is 2.62. The summed E-state index contributed by atoms with van der Waals surface area (Å²) in [5.74, 6) is 0.809. The number of carbonyl (C=O) groups excluding carboxylic acids is 2. The molecule has 1 aliphatic heterocycles. The van der Waals surface area contributed by atoms with E-state index in [1.165, 1.54) is 18.3 Å². The highest BCUT2D eigenvalue weighted by atomic mass is 32.1. The van der Waals surface area contributed by atoms with E-state index in [4.69, 9.17) is 4.74 Å². The van der Waals surface area contributed by atoms with Crippen molar-refractivity contribution in [3.63, 3.8) is 0 Å². The minimum absolute atomic E-state index is 0.0244. The summed E-state index contributed by atoms with van der Waals surface area (Å²) in [5, 5.41) is 4.89. The fourth-order valence-corrected chi connectivity index (χ4v) is 3.81. The number of hydrogen-bond donors (Lipinski definition) is 1. The quantitative estimate of drug-likeness (QED) is 0.927. The molecule has 0 saturated carbocycles. The largest absolute Gasteiger partial charge is 0.497 e. The van der Waals surface area contributed by atoms with Crippen molar-refractivity contribution in [2.75, 3.05) is 20.2 Å². The van der Waals surface area contributed by atoms with Gasteiger partial charge in [0.2, 0.25) is 5.91 Å². The Balaban J connectivity index is 1.82. The van der Waals surface area contributed by atoms with E-state index in [9.17, 15) is 9.59 Å². The Labute approximate surface area is 145 Å². The molecule has 2 amide bonds. The zero-order valence-corrected chi connectivity index (χ0v) is 14.5. The normalized spacial score (nSPS) is 20.0. The van der Waals surface area contributed by atoms with Crippen molar-refractivity contribution in [2.24, 2.45) is 0 Å². The molecule has 1 N–H and O–H groups in total. The second-order valence-corrected chi connectivity index (χ2v) is 6.82. The Bertz CT molecular complexity index is 712. The van der Waals surface area contributed by atoms with Gasteiger partial charge in [-0.15, -0.1) is 11.3 Å². The molecule has 6 heteroatoms. The molecule has 1 aromatic heterocycles. The summed E-state index contributed by atoms with van der Waals surface area (Å²) in [7, 11) is 1.63. The molecule has 0 bridgehead atoms. The number of nitrogens with one attached hydrogen (secondary N) is 1. The molecule has 126 valence electrons. The van der Waals surface area contributed by atoms with Gasteiger partial charge in [0.25, 0.3) is 5.91 Å². The first-order valence-corrected chi connectivity index (χ1v) is 8.70. The van der Waals surface area contributed by atoms with Gasteiger partial charge >= 0.3 is 0 Å². The molecule has 3 rings (SSSR count). The fourth-order valence-electron chi connectivity index (χ4n) is 3.12. The van der Waals surface area contributed by atoms with Gasteiger partial charge in [0.15, 0.2) is 0 Å². The molecule has 1 aromatic carbocycles. The van der Waals surface area contributed by atoms with Gasteiger partial charge in [-0.3, -0.25) is 9.59 Å². The van der Waals surface area contributed by atoms with Crippen molar-refractivity contribution >= 4 is 23.2 Å². The van der Waals surface area contributed by atoms with Crippen LogP contribution < -0.4 is 10.1 Å². The van der Waals surface area contributed by atoms with E-state index in [1.54, 1.807) is 7.11 Å². The monoisotopic (exact) mass is 344 g/mol. The first-order valence-electron chi connectivity index (χ1n) is 7.82. The summed E-state index contributed by atoms with van der Waals surface area (Å²) in [4.78, 5) is 26.7. The Morgan fingerprint density at radius 1 is 1.21 bits per heavy atom. The Morgan fingerprint density at radius 3 is 2.54 bits per heavy atom. The van der Waals surface area contributed by atoms with Crippen LogP contribution in [0, 0.1) is 0 Å². The Kier molecular flexibility index (Phi) is 4.85. The fraction of sp³-hybridized carbons (Fsp3) is 0.333. The second-order valence-electron chi connectivity index (χ2n) is 5.87. The maximum atomic E-state index is 12.6. The van der Waals surface area contributed by atoms with Crippen LogP contribution in [-0.2, 0) is 4.79 Å². The molecule has 5 nitrogen and oxygen atoms in total. The lowest BCUT2D eigenvalue weighted by Crippen LogP contribution is -2.39. The van der Waals surface area contributed by atoms with E-state index in [-0.39, 0.29) is 23.8 Å². The molecular weight excluding hydrogens is 324 g/mol. The van der Waals surface area contributed by atoms with E-state index < -0.39 is 0 Å². The lowest BCUT2D eigenvalue weighted by atomic mass is 9.94. The molecule has 2 aromatic rings. The smallest absolute Gasteiger partial charge is 0.264 e. The topological polar surface area (TPSA) is 58.6 Å². The van der Waals surface area contributed by atoms with Crippen LogP contribution in [0.1, 0.15) is 28.1 Å². The first kappa shape index (κ1) is 16.5. The summed E-state index contributed by atoms with van der Waals surface area (Å²) >= 11 is 1.44. The molecular formula is C18H20N2O3S. The van der Waals surface area contributed by atoms with Gasteiger partial charge in [-0.2, -0.15) is 0 Å². The third kappa shape index (κ3) is 3.43. The van der Waals surface area contributed by atoms with Gasteiger partial charge in [0, 0.05) is 25.9 Å². The summed E-state index contributed by atoms with van der Waals surface area (Å²) in [6.07, 6.45) is 0. The zero-order chi connectivity index (χ0) is 17.1. The SMILES string of the molecule is COc1ccc([C@@H]2CN(C(=O)c3cccs3)C[C@H]2NC(C)=O)cc1. The number of likely N-dealkylation sites (tertiary alicyclic amines) is 1. The molecule has 24 heavy (non-hydrogen) atoms. The summed E-state index contributed by atoms with van der Waals surface area (Å²) < 4.78 is 5.20. The van der Waals surface area contributed by atoms with Gasteiger partial charge in [-0.1, -0.05) is 18.2 Å². The van der Waals surface area contributed by atoms with Crippen LogP contribution in [0.4, 0.5) is 0 Å². The average molecular weight is 344 g/mol. The highest BCUT2D eigenvalue weighted by Gasteiger charge is 2.37. The van der Waals surface area contributed by atoms with E-state index in [0.29, 0.717) is 13.1 Å². The van der Waals surface area contributed by atoms with Crippen LogP contribution >= 0.6 is 11.3 Å². The highest BCUT2D eigenvalue weighted by Crippen LogP contribution is 2.30. The molecule has 2 heterocycles. The van der Waals surface area contributed by atoms with E-state index in [2.05, 4.69) is 5.32 Å². The lowest BCUT2D eigenvalue weighted by molar-refractivity contribution is -0.119. The second kappa shape index (κ2) is 7.05. The molecule has 0 unspecified atom stereocenters. The predicted octanol–water partition coefficient (Wildman–Crippen LogP) is 2.50. The molecule has 1 saturated heterocycles. The lowest BCUT2D eigenvalue weighted by Gasteiger charge is -2.19. The maximum Gasteiger partial charge on any atom is 0.264 e. The van der Waals surface area contributed by atoms with Crippen LogP contribution in [-0.4, -0.2) is 43.0 Å². The van der Waals surface area contributed by atoms with Crippen molar-refractivity contribution in [3.8, 4) is 5.75 Å². The van der Waals surface area contributed by atoms with Crippen molar-refractivity contribution in [1.82, 2.24) is 10.2 Å². The molecule has 2 atom stereocenters. The number of rotatable bonds is 4. The van der Waals surface area contributed by atoms with Gasteiger partial charge in [0.05, 0.1) is 18.0 Å². The van der Waals surface area contributed by atoms with E-state index >= 15 is 0 Å². The minimum Gasteiger partial charge on any atom is -0.497 e. The molecule has 0 aliphatic carbocycles. The number of ether oxygens (including phenoxy) is 1.